The predicted octanol–water partition coefficient (Wildman–Crippen LogP) is 4.55. The summed E-state index contributed by atoms with van der Waals surface area (Å²) < 4.78 is 43.8. The van der Waals surface area contributed by atoms with E-state index in [1.54, 1.807) is 29.1 Å². The molecule has 2 N–H and O–H groups in total. The van der Waals surface area contributed by atoms with E-state index in [0.717, 1.165) is 22.5 Å². The minimum atomic E-state index is -1.31. The molecule has 198 valence electrons. The smallest absolute Gasteiger partial charge is 0.257 e. The Balaban J connectivity index is 1.25. The maximum absolute atomic E-state index is 14.9. The van der Waals surface area contributed by atoms with E-state index in [1.807, 2.05) is 13.0 Å². The summed E-state index contributed by atoms with van der Waals surface area (Å²) in [6, 6.07) is 10.6. The number of aliphatic hydroxyl groups is 1. The van der Waals surface area contributed by atoms with Crippen LogP contribution in [0.5, 0.6) is 0 Å². The van der Waals surface area contributed by atoms with Gasteiger partial charge in [0, 0.05) is 18.5 Å². The first-order chi connectivity index (χ1) is 18.2. The number of benzene rings is 2. The molecule has 0 bridgehead atoms. The van der Waals surface area contributed by atoms with Gasteiger partial charge in [-0.3, -0.25) is 10.1 Å². The van der Waals surface area contributed by atoms with Crippen molar-refractivity contribution < 1.29 is 23.1 Å². The first kappa shape index (κ1) is 24.9. The lowest BCUT2D eigenvalue weighted by molar-refractivity contribution is -0.0708. The second-order valence-electron chi connectivity index (χ2n) is 10.7. The first-order valence-electron chi connectivity index (χ1n) is 12.9. The number of likely N-dealkylation sites (tertiary alicyclic amines) is 1. The predicted molar refractivity (Wildman–Crippen MR) is 136 cm³/mol. The zero-order chi connectivity index (χ0) is 26.7. The number of carbonyl (C=O) groups excluding carboxylic acids is 1. The number of alkyl halides is 1. The lowest BCUT2D eigenvalue weighted by atomic mass is 9.70. The van der Waals surface area contributed by atoms with E-state index in [9.17, 15) is 23.1 Å². The lowest BCUT2D eigenvalue weighted by Gasteiger charge is -2.43. The Morgan fingerprint density at radius 2 is 2.00 bits per heavy atom. The van der Waals surface area contributed by atoms with Crippen LogP contribution in [0, 0.1) is 17.0 Å². The van der Waals surface area contributed by atoms with Gasteiger partial charge in [-0.1, -0.05) is 24.6 Å². The summed E-state index contributed by atoms with van der Waals surface area (Å²) in [4.78, 5) is 14.4. The summed E-state index contributed by atoms with van der Waals surface area (Å²) in [5, 5.41) is 19.6. The molecular weight excluding hydrogens is 493 g/mol. The van der Waals surface area contributed by atoms with Crippen LogP contribution in [-0.4, -0.2) is 50.7 Å². The Morgan fingerprint density at radius 1 is 1.21 bits per heavy atom. The van der Waals surface area contributed by atoms with Crippen LogP contribution in [0.4, 0.5) is 13.2 Å². The Hall–Kier alpha value is -3.43. The third-order valence-electron chi connectivity index (χ3n) is 8.49. The van der Waals surface area contributed by atoms with E-state index in [-0.39, 0.29) is 37.4 Å². The lowest BCUT2D eigenvalue weighted by Crippen LogP contribution is -2.55. The summed E-state index contributed by atoms with van der Waals surface area (Å²) in [5.41, 5.74) is 2.06. The molecule has 2 aliphatic carbocycles. The third-order valence-corrected chi connectivity index (χ3v) is 8.49. The van der Waals surface area contributed by atoms with Crippen LogP contribution in [0.25, 0.3) is 11.8 Å². The molecule has 1 aromatic heterocycles. The third kappa shape index (κ3) is 3.96. The highest BCUT2D eigenvalue weighted by Gasteiger charge is 2.55. The van der Waals surface area contributed by atoms with E-state index >= 15 is 0 Å². The molecule has 2 aromatic carbocycles. The van der Waals surface area contributed by atoms with Crippen molar-refractivity contribution in [2.24, 2.45) is 5.41 Å². The molecule has 1 saturated carbocycles. The van der Waals surface area contributed by atoms with Crippen molar-refractivity contribution in [1.29, 1.82) is 0 Å². The van der Waals surface area contributed by atoms with Gasteiger partial charge in [-0.15, -0.1) is 0 Å². The molecule has 9 heteroatoms. The molecule has 2 fully saturated rings. The second kappa shape index (κ2) is 9.10. The molecule has 1 aliphatic heterocycles. The number of halogens is 3. The molecule has 3 atom stereocenters. The van der Waals surface area contributed by atoms with Gasteiger partial charge in [0.25, 0.3) is 5.91 Å². The van der Waals surface area contributed by atoms with E-state index in [4.69, 9.17) is 0 Å². The molecule has 0 radical (unpaired) electrons. The van der Waals surface area contributed by atoms with Crippen LogP contribution >= 0.6 is 0 Å². The van der Waals surface area contributed by atoms with Gasteiger partial charge < -0.3 is 10.0 Å². The molecule has 6 rings (SSSR count). The van der Waals surface area contributed by atoms with Gasteiger partial charge in [-0.25, -0.2) is 17.9 Å². The fraction of sp³-hybridized carbons (Fsp3) is 0.379. The topological polar surface area (TPSA) is 70.4 Å². The van der Waals surface area contributed by atoms with Gasteiger partial charge in [0.05, 0.1) is 29.7 Å². The van der Waals surface area contributed by atoms with Crippen molar-refractivity contribution in [2.75, 3.05) is 13.1 Å². The number of hydrogen-bond donors (Lipinski definition) is 2. The van der Waals surface area contributed by atoms with Gasteiger partial charge in [0.15, 0.2) is 0 Å². The molecular formula is C29H29F3N4O2. The average Bonchev–Trinajstić information content (AvgIpc) is 3.58. The zero-order valence-electron chi connectivity index (χ0n) is 21.1. The highest BCUT2D eigenvalue weighted by atomic mass is 19.1. The highest BCUT2D eigenvalue weighted by molar-refractivity contribution is 5.96. The Bertz CT molecular complexity index is 1440. The van der Waals surface area contributed by atoms with Crippen molar-refractivity contribution >= 4 is 12.0 Å². The standard InChI is InChI=1S/C29H29F3N4O2/c1-28-14-19-16-34-36(23-7-5-21(30)6-8-23)25(19)13-20(28)9-11-29(28,38)33-15-18-3-2-4-24(32)26(18)27(37)35-12-10-22(31)17-35/h2-8,13,16,22,33,38H,9-12,14-15,17H2,1H3/t22-,28?,29-/m0/s1. The summed E-state index contributed by atoms with van der Waals surface area (Å²) >= 11 is 0. The zero-order valence-corrected chi connectivity index (χ0v) is 21.1. The van der Waals surface area contributed by atoms with Crippen LogP contribution in [0.3, 0.4) is 0 Å². The van der Waals surface area contributed by atoms with Crippen LogP contribution < -0.4 is 5.32 Å². The van der Waals surface area contributed by atoms with Gasteiger partial charge >= 0.3 is 0 Å². The molecule has 1 amide bonds. The number of nitrogens with one attached hydrogen (secondary N) is 1. The van der Waals surface area contributed by atoms with Crippen molar-refractivity contribution in [3.63, 3.8) is 0 Å². The van der Waals surface area contributed by atoms with Crippen molar-refractivity contribution in [3.8, 4) is 5.69 Å². The molecule has 1 saturated heterocycles. The summed E-state index contributed by atoms with van der Waals surface area (Å²) in [7, 11) is 0. The van der Waals surface area contributed by atoms with Gasteiger partial charge in [0.1, 0.15) is 23.5 Å². The SMILES string of the molecule is CC12Cc3cnn(-c4ccc(F)cc4)c3C=C1CC[C@@]2(O)NCc1cccc(F)c1C(=O)N1CC[C@H](F)C1. The van der Waals surface area contributed by atoms with E-state index in [2.05, 4.69) is 10.4 Å². The van der Waals surface area contributed by atoms with Crippen LogP contribution in [0.2, 0.25) is 0 Å². The maximum atomic E-state index is 14.9. The maximum Gasteiger partial charge on any atom is 0.257 e. The van der Waals surface area contributed by atoms with Gasteiger partial charge in [-0.2, -0.15) is 5.10 Å². The summed E-state index contributed by atoms with van der Waals surface area (Å²) in [6.45, 7) is 2.29. The van der Waals surface area contributed by atoms with Crippen molar-refractivity contribution in [1.82, 2.24) is 20.0 Å². The highest BCUT2D eigenvalue weighted by Crippen LogP contribution is 2.54. The summed E-state index contributed by atoms with van der Waals surface area (Å²) in [6.07, 6.45) is 4.59. The first-order valence-corrected chi connectivity index (χ1v) is 12.9. The number of fused-ring (bicyclic) bond motifs is 2. The number of aromatic nitrogens is 2. The van der Waals surface area contributed by atoms with E-state index in [0.29, 0.717) is 24.8 Å². The molecule has 2 heterocycles. The van der Waals surface area contributed by atoms with Crippen molar-refractivity contribution in [3.05, 3.63) is 88.3 Å². The summed E-state index contributed by atoms with van der Waals surface area (Å²) in [5.74, 6) is -1.50. The fourth-order valence-corrected chi connectivity index (χ4v) is 6.18. The number of carbonyl (C=O) groups is 1. The minimum absolute atomic E-state index is 0.0376. The number of amides is 1. The van der Waals surface area contributed by atoms with E-state index in [1.165, 1.54) is 29.2 Å². The number of rotatable bonds is 5. The Morgan fingerprint density at radius 3 is 2.74 bits per heavy atom. The van der Waals surface area contributed by atoms with Gasteiger partial charge in [-0.05, 0) is 73.2 Å². The largest absolute Gasteiger partial charge is 0.375 e. The quantitative estimate of drug-likeness (QED) is 0.483. The molecule has 3 aromatic rings. The molecule has 6 nitrogen and oxygen atoms in total. The second-order valence-corrected chi connectivity index (χ2v) is 10.7. The van der Waals surface area contributed by atoms with Crippen LogP contribution in [0.1, 0.15) is 53.4 Å². The molecule has 38 heavy (non-hydrogen) atoms. The Kier molecular flexibility index (Phi) is 5.96. The monoisotopic (exact) mass is 522 g/mol. The normalized spacial score (nSPS) is 26.3. The molecule has 0 spiro atoms. The average molecular weight is 523 g/mol. The van der Waals surface area contributed by atoms with Crippen LogP contribution in [-0.2, 0) is 13.0 Å². The van der Waals surface area contributed by atoms with Crippen molar-refractivity contribution in [2.45, 2.75) is 51.0 Å². The number of nitrogens with zero attached hydrogens (tertiary/aromatic N) is 3. The van der Waals surface area contributed by atoms with Crippen LogP contribution in [0.15, 0.2) is 54.2 Å². The Labute approximate surface area is 218 Å². The van der Waals surface area contributed by atoms with E-state index < -0.39 is 29.0 Å². The van der Waals surface area contributed by atoms with Gasteiger partial charge in [0.2, 0.25) is 0 Å². The number of hydrogen-bond acceptors (Lipinski definition) is 4. The molecule has 3 aliphatic rings. The fourth-order valence-electron chi connectivity index (χ4n) is 6.18. The minimum Gasteiger partial charge on any atom is -0.375 e. The molecule has 1 unspecified atom stereocenters.